The highest BCUT2D eigenvalue weighted by Crippen LogP contribution is 2.43. The first-order chi connectivity index (χ1) is 7.09. The molecule has 1 heterocycles. The number of rotatable bonds is 2. The summed E-state index contributed by atoms with van der Waals surface area (Å²) in [5, 5.41) is 0. The second-order valence-corrected chi connectivity index (χ2v) is 4.96. The smallest absolute Gasteiger partial charge is 0.162 e. The summed E-state index contributed by atoms with van der Waals surface area (Å²) >= 11 is 2.17. The Morgan fingerprint density at radius 3 is 2.47 bits per heavy atom. The van der Waals surface area contributed by atoms with Crippen molar-refractivity contribution in [3.8, 4) is 0 Å². The molecule has 1 saturated carbocycles. The molecule has 1 aliphatic rings. The van der Waals surface area contributed by atoms with E-state index in [1.54, 1.807) is 7.11 Å². The van der Waals surface area contributed by atoms with Gasteiger partial charge in [0.15, 0.2) is 5.82 Å². The summed E-state index contributed by atoms with van der Waals surface area (Å²) in [5.41, 5.74) is 6.49. The van der Waals surface area contributed by atoms with Gasteiger partial charge in [-0.05, 0) is 48.8 Å². The van der Waals surface area contributed by atoms with Gasteiger partial charge in [-0.1, -0.05) is 0 Å². The third-order valence-corrected chi connectivity index (χ3v) is 4.34. The normalized spacial score (nSPS) is 18.6. The molecule has 0 saturated heterocycles. The van der Waals surface area contributed by atoms with Gasteiger partial charge in [0, 0.05) is 7.11 Å². The Balaban J connectivity index is 2.45. The van der Waals surface area contributed by atoms with Crippen molar-refractivity contribution in [3.05, 3.63) is 15.1 Å². The van der Waals surface area contributed by atoms with E-state index in [0.29, 0.717) is 5.82 Å². The molecule has 1 aromatic heterocycles. The maximum Gasteiger partial charge on any atom is 0.162 e. The standard InChI is InChI=1S/C10H14IN3O/c1-6-7(11)8(12)14-9(13-6)10(15-2)4-3-5-10/h3-5H2,1-2H3,(H2,12,13,14). The number of aryl methyl sites for hydroxylation is 1. The van der Waals surface area contributed by atoms with Crippen LogP contribution in [0.15, 0.2) is 0 Å². The predicted octanol–water partition coefficient (Wildman–Crippen LogP) is 2.00. The van der Waals surface area contributed by atoms with Gasteiger partial charge in [-0.25, -0.2) is 9.97 Å². The van der Waals surface area contributed by atoms with Crippen LogP contribution in [-0.2, 0) is 10.3 Å². The summed E-state index contributed by atoms with van der Waals surface area (Å²) in [6.07, 6.45) is 3.15. The largest absolute Gasteiger partial charge is 0.383 e. The Kier molecular flexibility index (Phi) is 2.85. The van der Waals surface area contributed by atoms with E-state index in [-0.39, 0.29) is 5.60 Å². The molecule has 0 aliphatic heterocycles. The van der Waals surface area contributed by atoms with Crippen molar-refractivity contribution in [2.24, 2.45) is 0 Å². The molecule has 15 heavy (non-hydrogen) atoms. The number of aromatic nitrogens is 2. The molecule has 82 valence electrons. The average molecular weight is 319 g/mol. The molecule has 0 unspecified atom stereocenters. The highest BCUT2D eigenvalue weighted by Gasteiger charge is 2.42. The van der Waals surface area contributed by atoms with E-state index in [9.17, 15) is 0 Å². The second-order valence-electron chi connectivity index (χ2n) is 3.88. The minimum atomic E-state index is -0.275. The Hall–Kier alpha value is -0.430. The third-order valence-electron chi connectivity index (χ3n) is 3.00. The van der Waals surface area contributed by atoms with Crippen LogP contribution >= 0.6 is 22.6 Å². The van der Waals surface area contributed by atoms with Crippen LogP contribution in [-0.4, -0.2) is 17.1 Å². The first kappa shape index (κ1) is 11.1. The predicted molar refractivity (Wildman–Crippen MR) is 66.4 cm³/mol. The second kappa shape index (κ2) is 3.86. The van der Waals surface area contributed by atoms with Crippen LogP contribution in [0, 0.1) is 10.5 Å². The Labute approximate surface area is 103 Å². The van der Waals surface area contributed by atoms with Gasteiger partial charge >= 0.3 is 0 Å². The number of nitrogen functional groups attached to an aromatic ring is 1. The zero-order valence-electron chi connectivity index (χ0n) is 8.88. The molecule has 0 radical (unpaired) electrons. The number of nitrogens with two attached hydrogens (primary N) is 1. The van der Waals surface area contributed by atoms with Crippen molar-refractivity contribution in [1.29, 1.82) is 0 Å². The van der Waals surface area contributed by atoms with Gasteiger partial charge in [0.2, 0.25) is 0 Å². The SMILES string of the molecule is COC1(c2nc(C)c(I)c(N)n2)CCC1. The van der Waals surface area contributed by atoms with Gasteiger partial charge in [-0.15, -0.1) is 0 Å². The van der Waals surface area contributed by atoms with Crippen LogP contribution < -0.4 is 5.73 Å². The van der Waals surface area contributed by atoms with Crippen LogP contribution in [0.2, 0.25) is 0 Å². The topological polar surface area (TPSA) is 61.0 Å². The number of nitrogens with zero attached hydrogens (tertiary/aromatic N) is 2. The van der Waals surface area contributed by atoms with Crippen molar-refractivity contribution in [2.75, 3.05) is 12.8 Å². The van der Waals surface area contributed by atoms with Crippen molar-refractivity contribution in [3.63, 3.8) is 0 Å². The zero-order valence-corrected chi connectivity index (χ0v) is 11.0. The lowest BCUT2D eigenvalue weighted by Crippen LogP contribution is -2.38. The van der Waals surface area contributed by atoms with Crippen LogP contribution in [0.4, 0.5) is 5.82 Å². The number of methoxy groups -OCH3 is 1. The van der Waals surface area contributed by atoms with E-state index in [1.807, 2.05) is 6.92 Å². The Morgan fingerprint density at radius 1 is 1.40 bits per heavy atom. The summed E-state index contributed by atoms with van der Waals surface area (Å²) in [4.78, 5) is 8.81. The summed E-state index contributed by atoms with van der Waals surface area (Å²) in [7, 11) is 1.71. The summed E-state index contributed by atoms with van der Waals surface area (Å²) in [6.45, 7) is 1.95. The molecule has 1 fully saturated rings. The summed E-state index contributed by atoms with van der Waals surface area (Å²) < 4.78 is 6.46. The van der Waals surface area contributed by atoms with Crippen LogP contribution in [0.3, 0.4) is 0 Å². The number of halogens is 1. The Bertz CT molecular complexity index is 362. The number of ether oxygens (including phenoxy) is 1. The molecule has 2 rings (SSSR count). The van der Waals surface area contributed by atoms with Gasteiger partial charge < -0.3 is 10.5 Å². The lowest BCUT2D eigenvalue weighted by Gasteiger charge is -2.39. The van der Waals surface area contributed by atoms with E-state index in [1.165, 1.54) is 6.42 Å². The first-order valence-corrected chi connectivity index (χ1v) is 6.02. The van der Waals surface area contributed by atoms with E-state index in [2.05, 4.69) is 32.6 Å². The van der Waals surface area contributed by atoms with Gasteiger partial charge in [-0.2, -0.15) is 0 Å². The third kappa shape index (κ3) is 1.71. The highest BCUT2D eigenvalue weighted by atomic mass is 127. The molecule has 5 heteroatoms. The average Bonchev–Trinajstić information content (AvgIpc) is 2.13. The maximum atomic E-state index is 5.84. The molecule has 0 bridgehead atoms. The Morgan fingerprint density at radius 2 is 2.07 bits per heavy atom. The molecule has 0 spiro atoms. The number of anilines is 1. The molecular weight excluding hydrogens is 305 g/mol. The van der Waals surface area contributed by atoms with Crippen LogP contribution in [0.1, 0.15) is 30.8 Å². The fourth-order valence-electron chi connectivity index (χ4n) is 1.80. The van der Waals surface area contributed by atoms with E-state index >= 15 is 0 Å². The van der Waals surface area contributed by atoms with E-state index in [4.69, 9.17) is 10.5 Å². The maximum absolute atomic E-state index is 5.84. The van der Waals surface area contributed by atoms with Crippen molar-refractivity contribution >= 4 is 28.4 Å². The molecular formula is C10H14IN3O. The highest BCUT2D eigenvalue weighted by molar-refractivity contribution is 14.1. The summed E-state index contributed by atoms with van der Waals surface area (Å²) in [5.74, 6) is 1.30. The monoisotopic (exact) mass is 319 g/mol. The first-order valence-electron chi connectivity index (χ1n) is 4.94. The molecule has 2 N–H and O–H groups in total. The van der Waals surface area contributed by atoms with E-state index < -0.39 is 0 Å². The quantitative estimate of drug-likeness (QED) is 0.847. The van der Waals surface area contributed by atoms with Crippen molar-refractivity contribution in [2.45, 2.75) is 31.8 Å². The van der Waals surface area contributed by atoms with Gasteiger partial charge in [-0.3, -0.25) is 0 Å². The van der Waals surface area contributed by atoms with Crippen LogP contribution in [0.25, 0.3) is 0 Å². The molecule has 0 amide bonds. The van der Waals surface area contributed by atoms with E-state index in [0.717, 1.165) is 27.9 Å². The summed E-state index contributed by atoms with van der Waals surface area (Å²) in [6, 6.07) is 0. The molecule has 1 aliphatic carbocycles. The fourth-order valence-corrected chi connectivity index (χ4v) is 2.04. The van der Waals surface area contributed by atoms with Gasteiger partial charge in [0.25, 0.3) is 0 Å². The molecule has 0 atom stereocenters. The minimum absolute atomic E-state index is 0.275. The molecule has 4 nitrogen and oxygen atoms in total. The van der Waals surface area contributed by atoms with Gasteiger partial charge in [0.05, 0.1) is 9.26 Å². The zero-order chi connectivity index (χ0) is 11.1. The lowest BCUT2D eigenvalue weighted by molar-refractivity contribution is -0.0846. The number of hydrogen-bond acceptors (Lipinski definition) is 4. The van der Waals surface area contributed by atoms with Crippen molar-refractivity contribution < 1.29 is 4.74 Å². The van der Waals surface area contributed by atoms with Crippen LogP contribution in [0.5, 0.6) is 0 Å². The molecule has 1 aromatic rings. The molecule has 0 aromatic carbocycles. The number of hydrogen-bond donors (Lipinski definition) is 1. The van der Waals surface area contributed by atoms with Gasteiger partial charge in [0.1, 0.15) is 11.4 Å². The minimum Gasteiger partial charge on any atom is -0.383 e. The fraction of sp³-hybridized carbons (Fsp3) is 0.600. The lowest BCUT2D eigenvalue weighted by atomic mass is 9.79. The van der Waals surface area contributed by atoms with Crippen molar-refractivity contribution in [1.82, 2.24) is 9.97 Å².